The van der Waals surface area contributed by atoms with E-state index in [9.17, 15) is 0 Å². The first-order chi connectivity index (χ1) is 21.3. The third-order valence-electron chi connectivity index (χ3n) is 8.11. The van der Waals surface area contributed by atoms with Gasteiger partial charge in [-0.2, -0.15) is 0 Å². The number of fused-ring (bicyclic) bond motifs is 3. The summed E-state index contributed by atoms with van der Waals surface area (Å²) >= 11 is 0. The molecule has 8 rings (SSSR count). The number of pyridine rings is 2. The van der Waals surface area contributed by atoms with E-state index in [4.69, 9.17) is 4.98 Å². The Labute approximate surface area is 250 Å². The molecule has 43 heavy (non-hydrogen) atoms. The Hall–Kier alpha value is -5.80. The number of nitrogens with one attached hydrogen (secondary N) is 1. The van der Waals surface area contributed by atoms with Gasteiger partial charge in [0.1, 0.15) is 0 Å². The molecule has 1 N–H and O–H groups in total. The van der Waals surface area contributed by atoms with Crippen LogP contribution in [0.5, 0.6) is 0 Å². The maximum absolute atomic E-state index is 4.77. The molecule has 3 aromatic heterocycles. The van der Waals surface area contributed by atoms with Gasteiger partial charge in [-0.3, -0.25) is 9.97 Å². The fourth-order valence-electron chi connectivity index (χ4n) is 6.03. The lowest BCUT2D eigenvalue weighted by Crippen LogP contribution is -1.87. The molecule has 5 aromatic carbocycles. The Morgan fingerprint density at radius 2 is 0.860 bits per heavy atom. The second kappa shape index (κ2) is 10.6. The molecule has 0 aliphatic rings. The summed E-state index contributed by atoms with van der Waals surface area (Å²) in [5, 5.41) is 2.36. The minimum atomic E-state index is 0.943. The summed E-state index contributed by atoms with van der Waals surface area (Å²) in [7, 11) is 0. The Morgan fingerprint density at radius 3 is 1.47 bits per heavy atom. The van der Waals surface area contributed by atoms with E-state index in [2.05, 4.69) is 131 Å². The molecule has 202 valence electrons. The average molecular weight is 550 g/mol. The highest BCUT2D eigenvalue weighted by Gasteiger charge is 2.18. The molecule has 0 saturated carbocycles. The fraction of sp³-hybridized carbons (Fsp3) is 0. The van der Waals surface area contributed by atoms with E-state index >= 15 is 0 Å². The molecule has 0 spiro atoms. The van der Waals surface area contributed by atoms with Gasteiger partial charge in [-0.05, 0) is 82.4 Å². The molecule has 0 aliphatic carbocycles. The summed E-state index contributed by atoms with van der Waals surface area (Å²) in [6.07, 6.45) is 3.71. The summed E-state index contributed by atoms with van der Waals surface area (Å²) in [6, 6.07) is 51.2. The topological polar surface area (TPSA) is 41.6 Å². The van der Waals surface area contributed by atoms with Gasteiger partial charge in [0.2, 0.25) is 0 Å². The highest BCUT2D eigenvalue weighted by atomic mass is 14.7. The van der Waals surface area contributed by atoms with Gasteiger partial charge >= 0.3 is 0 Å². The predicted molar refractivity (Wildman–Crippen MR) is 179 cm³/mol. The number of aromatic amines is 1. The summed E-state index contributed by atoms with van der Waals surface area (Å²) in [6.45, 7) is 0. The highest BCUT2D eigenvalue weighted by Crippen LogP contribution is 2.42. The SMILES string of the molecule is c1ccc(-c2cc(-c3cccc(-c4ccccn4)c3)c3[nH]c4c(-c5ccccn5)cc(-c5ccccc5)cc4c3c2)cc1. The van der Waals surface area contributed by atoms with Crippen LogP contribution < -0.4 is 0 Å². The van der Waals surface area contributed by atoms with Gasteiger partial charge in [-0.15, -0.1) is 0 Å². The van der Waals surface area contributed by atoms with Gasteiger partial charge in [0.25, 0.3) is 0 Å². The average Bonchev–Trinajstić information content (AvgIpc) is 3.48. The van der Waals surface area contributed by atoms with Crippen LogP contribution in [0, 0.1) is 0 Å². The maximum Gasteiger partial charge on any atom is 0.0723 e. The molecule has 0 bridgehead atoms. The zero-order valence-electron chi connectivity index (χ0n) is 23.4. The maximum atomic E-state index is 4.77. The Balaban J connectivity index is 1.46. The van der Waals surface area contributed by atoms with Crippen LogP contribution in [0.25, 0.3) is 77.7 Å². The number of benzene rings is 5. The third kappa shape index (κ3) is 4.58. The summed E-state index contributed by atoms with van der Waals surface area (Å²) in [5.41, 5.74) is 13.3. The Bertz CT molecular complexity index is 2200. The lowest BCUT2D eigenvalue weighted by molar-refractivity contribution is 1.33. The molecule has 0 saturated heterocycles. The molecule has 8 aromatic rings. The minimum Gasteiger partial charge on any atom is -0.353 e. The number of H-pyrrole nitrogens is 1. The normalized spacial score (nSPS) is 11.3. The summed E-state index contributed by atoms with van der Waals surface area (Å²) in [5.74, 6) is 0. The molecular weight excluding hydrogens is 522 g/mol. The standard InChI is InChI=1S/C40H27N3/c1-3-12-27(13-4-1)31-23-33(29-16-11-17-30(22-29)37-18-7-9-20-41-37)39-34(24-31)35-25-32(28-14-5-2-6-15-28)26-36(40(35)43-39)38-19-8-10-21-42-38/h1-26,43H. The van der Waals surface area contributed by atoms with Gasteiger partial charge in [0.15, 0.2) is 0 Å². The lowest BCUT2D eigenvalue weighted by atomic mass is 9.93. The smallest absolute Gasteiger partial charge is 0.0723 e. The van der Waals surface area contributed by atoms with Crippen LogP contribution in [0.1, 0.15) is 0 Å². The second-order valence-electron chi connectivity index (χ2n) is 10.8. The monoisotopic (exact) mass is 549 g/mol. The van der Waals surface area contributed by atoms with Crippen LogP contribution in [-0.2, 0) is 0 Å². The van der Waals surface area contributed by atoms with Crippen LogP contribution in [0.4, 0.5) is 0 Å². The molecule has 3 nitrogen and oxygen atoms in total. The van der Waals surface area contributed by atoms with Crippen molar-refractivity contribution >= 4 is 21.8 Å². The largest absolute Gasteiger partial charge is 0.353 e. The summed E-state index contributed by atoms with van der Waals surface area (Å²) < 4.78 is 0. The van der Waals surface area contributed by atoms with Crippen molar-refractivity contribution in [1.29, 1.82) is 0 Å². The van der Waals surface area contributed by atoms with Gasteiger partial charge in [0.05, 0.1) is 22.4 Å². The number of hydrogen-bond donors (Lipinski definition) is 1. The molecule has 3 heterocycles. The van der Waals surface area contributed by atoms with Crippen molar-refractivity contribution < 1.29 is 0 Å². The van der Waals surface area contributed by atoms with E-state index in [-0.39, 0.29) is 0 Å². The molecule has 0 atom stereocenters. The van der Waals surface area contributed by atoms with Crippen molar-refractivity contribution in [3.8, 4) is 55.9 Å². The number of aromatic nitrogens is 3. The predicted octanol–water partition coefficient (Wildman–Crippen LogP) is 10.4. The van der Waals surface area contributed by atoms with E-state index in [0.29, 0.717) is 0 Å². The van der Waals surface area contributed by atoms with Crippen LogP contribution in [0.15, 0.2) is 158 Å². The highest BCUT2D eigenvalue weighted by molar-refractivity contribution is 6.17. The van der Waals surface area contributed by atoms with Crippen molar-refractivity contribution in [3.63, 3.8) is 0 Å². The third-order valence-corrected chi connectivity index (χ3v) is 8.11. The molecule has 0 fully saturated rings. The van der Waals surface area contributed by atoms with E-state index in [0.717, 1.165) is 44.7 Å². The van der Waals surface area contributed by atoms with Crippen LogP contribution in [0.2, 0.25) is 0 Å². The van der Waals surface area contributed by atoms with Crippen molar-refractivity contribution in [3.05, 3.63) is 158 Å². The van der Waals surface area contributed by atoms with E-state index in [1.807, 2.05) is 36.7 Å². The molecule has 0 amide bonds. The van der Waals surface area contributed by atoms with Crippen LogP contribution in [-0.4, -0.2) is 15.0 Å². The Kier molecular flexibility index (Phi) is 6.12. The zero-order valence-corrected chi connectivity index (χ0v) is 23.4. The first-order valence-corrected chi connectivity index (χ1v) is 14.5. The van der Waals surface area contributed by atoms with Crippen molar-refractivity contribution in [2.45, 2.75) is 0 Å². The van der Waals surface area contributed by atoms with Gasteiger partial charge < -0.3 is 4.98 Å². The quantitative estimate of drug-likeness (QED) is 0.232. The number of rotatable bonds is 5. The lowest BCUT2D eigenvalue weighted by Gasteiger charge is -2.11. The van der Waals surface area contributed by atoms with Crippen molar-refractivity contribution in [2.24, 2.45) is 0 Å². The molecular formula is C40H27N3. The zero-order chi connectivity index (χ0) is 28.6. The molecule has 0 radical (unpaired) electrons. The molecule has 0 unspecified atom stereocenters. The van der Waals surface area contributed by atoms with Gasteiger partial charge in [-0.1, -0.05) is 91.0 Å². The fourth-order valence-corrected chi connectivity index (χ4v) is 6.03. The van der Waals surface area contributed by atoms with E-state index < -0.39 is 0 Å². The van der Waals surface area contributed by atoms with Crippen LogP contribution >= 0.6 is 0 Å². The molecule has 3 heteroatoms. The number of nitrogens with zero attached hydrogens (tertiary/aromatic N) is 2. The van der Waals surface area contributed by atoms with Crippen LogP contribution in [0.3, 0.4) is 0 Å². The van der Waals surface area contributed by atoms with E-state index in [1.165, 1.54) is 33.0 Å². The van der Waals surface area contributed by atoms with Gasteiger partial charge in [-0.25, -0.2) is 0 Å². The number of hydrogen-bond acceptors (Lipinski definition) is 2. The van der Waals surface area contributed by atoms with Crippen molar-refractivity contribution in [1.82, 2.24) is 15.0 Å². The Morgan fingerprint density at radius 1 is 0.349 bits per heavy atom. The summed E-state index contributed by atoms with van der Waals surface area (Å²) in [4.78, 5) is 13.3. The van der Waals surface area contributed by atoms with Gasteiger partial charge in [0, 0.05) is 39.9 Å². The first kappa shape index (κ1) is 25.0. The minimum absolute atomic E-state index is 0.943. The molecule has 0 aliphatic heterocycles. The first-order valence-electron chi connectivity index (χ1n) is 14.5. The van der Waals surface area contributed by atoms with E-state index in [1.54, 1.807) is 0 Å². The van der Waals surface area contributed by atoms with Crippen molar-refractivity contribution in [2.75, 3.05) is 0 Å². The second-order valence-corrected chi connectivity index (χ2v) is 10.8.